The second-order valence-corrected chi connectivity index (χ2v) is 11.4. The van der Waals surface area contributed by atoms with Crippen molar-refractivity contribution in [2.24, 2.45) is 0 Å². The first-order valence-electron chi connectivity index (χ1n) is 8.05. The average molecular weight is 370 g/mol. The molecule has 0 fully saturated rings. The van der Waals surface area contributed by atoms with Crippen LogP contribution in [0.25, 0.3) is 0 Å². The topological polar surface area (TPSA) is 58.6 Å². The normalized spacial score (nSPS) is 13.0. The molecule has 0 unspecified atom stereocenters. The van der Waals surface area contributed by atoms with E-state index >= 15 is 0 Å². The smallest absolute Gasteiger partial charge is 0.377 e. The molecule has 0 rings (SSSR count). The fourth-order valence-electron chi connectivity index (χ4n) is 2.50. The van der Waals surface area contributed by atoms with Crippen molar-refractivity contribution in [1.29, 1.82) is 0 Å². The summed E-state index contributed by atoms with van der Waals surface area (Å²) in [5.41, 5.74) is 0. The van der Waals surface area contributed by atoms with Gasteiger partial charge in [0.1, 0.15) is 0 Å². The molecule has 0 saturated carbocycles. The van der Waals surface area contributed by atoms with Crippen LogP contribution in [0.15, 0.2) is 0 Å². The van der Waals surface area contributed by atoms with E-state index in [4.69, 9.17) is 26.6 Å². The van der Waals surface area contributed by atoms with Crippen LogP contribution in [0.2, 0.25) is 12.1 Å². The number of rotatable bonds is 15. The Labute approximate surface area is 143 Å². The Morgan fingerprint density at radius 2 is 1.09 bits per heavy atom. The predicted molar refractivity (Wildman–Crippen MR) is 94.5 cm³/mol. The van der Waals surface area contributed by atoms with Crippen molar-refractivity contribution in [2.75, 3.05) is 62.3 Å². The minimum Gasteiger partial charge on any atom is -0.377 e. The summed E-state index contributed by atoms with van der Waals surface area (Å²) >= 11 is 0. The fraction of sp³-hybridized carbons (Fsp3) is 1.00. The van der Waals surface area contributed by atoms with Crippen molar-refractivity contribution < 1.29 is 26.6 Å². The first kappa shape index (κ1) is 23.2. The molecule has 0 amide bonds. The molecule has 0 spiro atoms. The van der Waals surface area contributed by atoms with Crippen LogP contribution in [-0.2, 0) is 26.6 Å². The van der Waals surface area contributed by atoms with E-state index in [2.05, 4.69) is 11.9 Å². The molecule has 0 aliphatic heterocycles. The molecule has 7 nitrogen and oxygen atoms in total. The van der Waals surface area contributed by atoms with Crippen molar-refractivity contribution in [3.63, 3.8) is 0 Å². The van der Waals surface area contributed by atoms with Gasteiger partial charge in [-0.15, -0.1) is 0 Å². The lowest BCUT2D eigenvalue weighted by molar-refractivity contribution is 0.102. The lowest BCUT2D eigenvalue weighted by Gasteiger charge is -2.27. The third kappa shape index (κ3) is 8.19. The van der Waals surface area contributed by atoms with Crippen molar-refractivity contribution in [1.82, 2.24) is 4.90 Å². The van der Waals surface area contributed by atoms with E-state index in [9.17, 15) is 0 Å². The molecule has 140 valence electrons. The van der Waals surface area contributed by atoms with Crippen molar-refractivity contribution in [3.05, 3.63) is 0 Å². The maximum absolute atomic E-state index is 5.71. The van der Waals surface area contributed by atoms with Crippen LogP contribution in [0.4, 0.5) is 0 Å². The lowest BCUT2D eigenvalue weighted by Crippen LogP contribution is -2.44. The molecule has 0 heterocycles. The maximum atomic E-state index is 5.71. The molecule has 0 aliphatic carbocycles. The molecule has 9 heteroatoms. The molecule has 0 aliphatic rings. The quantitative estimate of drug-likeness (QED) is 0.408. The highest BCUT2D eigenvalue weighted by atomic mass is 28.4. The van der Waals surface area contributed by atoms with Gasteiger partial charge in [0, 0.05) is 54.2 Å². The summed E-state index contributed by atoms with van der Waals surface area (Å²) in [5.74, 6) is 0. The SMILES string of the molecule is CCO[Si](CCCN(C)CCC[Si](OC)(OC)OC)(OC)OC. The Bertz CT molecular complexity index is 282. The third-order valence-electron chi connectivity index (χ3n) is 3.96. The van der Waals surface area contributed by atoms with Crippen LogP contribution in [0.3, 0.4) is 0 Å². The van der Waals surface area contributed by atoms with E-state index in [1.165, 1.54) is 0 Å². The summed E-state index contributed by atoms with van der Waals surface area (Å²) in [6, 6.07) is 1.64. The van der Waals surface area contributed by atoms with Gasteiger partial charge in [-0.3, -0.25) is 0 Å². The average Bonchev–Trinajstić information content (AvgIpc) is 2.58. The van der Waals surface area contributed by atoms with Gasteiger partial charge < -0.3 is 31.5 Å². The van der Waals surface area contributed by atoms with E-state index in [-0.39, 0.29) is 0 Å². The second kappa shape index (κ2) is 12.5. The molecule has 0 atom stereocenters. The Hall–Kier alpha value is 0.154. The van der Waals surface area contributed by atoms with Gasteiger partial charge in [-0.25, -0.2) is 0 Å². The van der Waals surface area contributed by atoms with E-state index < -0.39 is 17.6 Å². The van der Waals surface area contributed by atoms with Crippen LogP contribution >= 0.6 is 0 Å². The van der Waals surface area contributed by atoms with Crippen molar-refractivity contribution in [2.45, 2.75) is 31.9 Å². The summed E-state index contributed by atoms with van der Waals surface area (Å²) in [5, 5.41) is 0. The highest BCUT2D eigenvalue weighted by molar-refractivity contribution is 6.60. The van der Waals surface area contributed by atoms with Gasteiger partial charge in [-0.1, -0.05) is 0 Å². The molecular formula is C14H35NO6Si2. The van der Waals surface area contributed by atoms with Gasteiger partial charge in [0.05, 0.1) is 0 Å². The van der Waals surface area contributed by atoms with Crippen LogP contribution < -0.4 is 0 Å². The number of hydrogen-bond donors (Lipinski definition) is 0. The molecule has 0 saturated heterocycles. The highest BCUT2D eigenvalue weighted by Gasteiger charge is 2.38. The summed E-state index contributed by atoms with van der Waals surface area (Å²) in [6.45, 7) is 4.51. The minimum absolute atomic E-state index is 0.613. The Kier molecular flexibility index (Phi) is 12.6. The van der Waals surface area contributed by atoms with Gasteiger partial charge >= 0.3 is 17.6 Å². The first-order valence-corrected chi connectivity index (χ1v) is 11.9. The monoisotopic (exact) mass is 369 g/mol. The van der Waals surface area contributed by atoms with Gasteiger partial charge in [-0.05, 0) is 39.9 Å². The number of hydrogen-bond acceptors (Lipinski definition) is 7. The first-order chi connectivity index (χ1) is 11.0. The largest absolute Gasteiger partial charge is 0.500 e. The molecule has 0 aromatic heterocycles. The molecule has 0 N–H and O–H groups in total. The van der Waals surface area contributed by atoms with E-state index in [1.54, 1.807) is 35.5 Å². The zero-order chi connectivity index (χ0) is 17.8. The van der Waals surface area contributed by atoms with E-state index in [1.807, 2.05) is 6.92 Å². The number of nitrogens with zero attached hydrogens (tertiary/aromatic N) is 1. The van der Waals surface area contributed by atoms with Gasteiger partial charge in [0.2, 0.25) is 0 Å². The summed E-state index contributed by atoms with van der Waals surface area (Å²) < 4.78 is 33.0. The zero-order valence-corrected chi connectivity index (χ0v) is 17.8. The van der Waals surface area contributed by atoms with Gasteiger partial charge in [0.25, 0.3) is 0 Å². The minimum atomic E-state index is -2.47. The summed E-state index contributed by atoms with van der Waals surface area (Å²) in [6.07, 6.45) is 1.95. The Balaban J connectivity index is 4.09. The molecular weight excluding hydrogens is 334 g/mol. The maximum Gasteiger partial charge on any atom is 0.500 e. The van der Waals surface area contributed by atoms with Crippen LogP contribution in [0, 0.1) is 0 Å². The van der Waals surface area contributed by atoms with Crippen molar-refractivity contribution >= 4 is 17.6 Å². The lowest BCUT2D eigenvalue weighted by atomic mass is 10.4. The molecule has 0 bridgehead atoms. The van der Waals surface area contributed by atoms with E-state index in [0.717, 1.165) is 38.0 Å². The fourth-order valence-corrected chi connectivity index (χ4v) is 6.19. The zero-order valence-electron chi connectivity index (χ0n) is 15.8. The van der Waals surface area contributed by atoms with Gasteiger partial charge in [0.15, 0.2) is 0 Å². The van der Waals surface area contributed by atoms with Crippen LogP contribution in [-0.4, -0.2) is 84.8 Å². The summed E-state index contributed by atoms with van der Waals surface area (Å²) in [4.78, 5) is 2.29. The van der Waals surface area contributed by atoms with E-state index in [0.29, 0.717) is 6.61 Å². The predicted octanol–water partition coefficient (Wildman–Crippen LogP) is 1.84. The van der Waals surface area contributed by atoms with Crippen LogP contribution in [0.5, 0.6) is 0 Å². The Morgan fingerprint density at radius 1 is 0.696 bits per heavy atom. The molecule has 0 aromatic rings. The Morgan fingerprint density at radius 3 is 1.43 bits per heavy atom. The van der Waals surface area contributed by atoms with Crippen LogP contribution in [0.1, 0.15) is 19.8 Å². The van der Waals surface area contributed by atoms with Crippen molar-refractivity contribution in [3.8, 4) is 0 Å². The highest BCUT2D eigenvalue weighted by Crippen LogP contribution is 2.17. The molecule has 23 heavy (non-hydrogen) atoms. The standard InChI is InChI=1S/C14H35NO6Si2/c1-8-21-23(19-6,20-7)14-10-12-15(2)11-9-13-22(16-3,17-4)18-5/h8-14H2,1-7H3. The molecule has 0 aromatic carbocycles. The third-order valence-corrected chi connectivity index (χ3v) is 9.74. The van der Waals surface area contributed by atoms with Gasteiger partial charge in [-0.2, -0.15) is 0 Å². The molecule has 0 radical (unpaired) electrons. The second-order valence-electron chi connectivity index (χ2n) is 5.33. The summed E-state index contributed by atoms with van der Waals surface area (Å²) in [7, 11) is 5.47.